The van der Waals surface area contributed by atoms with E-state index in [0.717, 1.165) is 25.5 Å². The van der Waals surface area contributed by atoms with Crippen LogP contribution in [0, 0.1) is 17.2 Å². The molecule has 4 nitrogen and oxygen atoms in total. The smallest absolute Gasteiger partial charge is 0.148 e. The second-order valence-corrected chi connectivity index (χ2v) is 5.35. The summed E-state index contributed by atoms with van der Waals surface area (Å²) in [5.41, 5.74) is 0.504. The van der Waals surface area contributed by atoms with Crippen molar-refractivity contribution in [2.45, 2.75) is 18.9 Å². The molecular weight excluding hydrogens is 248 g/mol. The van der Waals surface area contributed by atoms with Crippen molar-refractivity contribution < 1.29 is 0 Å². The maximum absolute atomic E-state index is 9.00. The Kier molecular flexibility index (Phi) is 3.11. The number of hydrogen-bond acceptors (Lipinski definition) is 4. The Labute approximate surface area is 112 Å². The van der Waals surface area contributed by atoms with E-state index in [1.165, 1.54) is 12.8 Å². The van der Waals surface area contributed by atoms with Gasteiger partial charge in [0.15, 0.2) is 0 Å². The molecular formula is C13H15ClN4. The van der Waals surface area contributed by atoms with Crippen LogP contribution >= 0.6 is 11.6 Å². The van der Waals surface area contributed by atoms with Crippen molar-refractivity contribution >= 4 is 17.4 Å². The predicted octanol–water partition coefficient (Wildman–Crippen LogP) is 1.79. The summed E-state index contributed by atoms with van der Waals surface area (Å²) in [6.45, 7) is 3.03. The molecule has 94 valence electrons. The van der Waals surface area contributed by atoms with E-state index in [0.29, 0.717) is 22.5 Å². The first-order valence-electron chi connectivity index (χ1n) is 6.32. The van der Waals surface area contributed by atoms with Crippen molar-refractivity contribution in [1.29, 1.82) is 5.26 Å². The Morgan fingerprint density at radius 1 is 1.50 bits per heavy atom. The molecule has 0 aliphatic carbocycles. The van der Waals surface area contributed by atoms with Gasteiger partial charge in [-0.1, -0.05) is 11.6 Å². The van der Waals surface area contributed by atoms with E-state index in [2.05, 4.69) is 21.3 Å². The molecule has 2 aliphatic rings. The number of piperidine rings is 1. The molecule has 0 unspecified atom stereocenters. The van der Waals surface area contributed by atoms with Crippen LogP contribution in [0.5, 0.6) is 0 Å². The SMILES string of the molecule is N#Cc1ccnc(N2C[C@@H]3CCCN[C@@H]3C2)c1Cl. The lowest BCUT2D eigenvalue weighted by atomic mass is 9.94. The number of halogens is 1. The summed E-state index contributed by atoms with van der Waals surface area (Å²) in [6.07, 6.45) is 4.17. The third kappa shape index (κ3) is 1.94. The predicted molar refractivity (Wildman–Crippen MR) is 70.7 cm³/mol. The van der Waals surface area contributed by atoms with Gasteiger partial charge in [-0.05, 0) is 31.4 Å². The molecule has 0 bridgehead atoms. The number of aromatic nitrogens is 1. The molecule has 2 saturated heterocycles. The molecule has 1 N–H and O–H groups in total. The highest BCUT2D eigenvalue weighted by molar-refractivity contribution is 6.34. The van der Waals surface area contributed by atoms with Gasteiger partial charge in [-0.15, -0.1) is 0 Å². The second kappa shape index (κ2) is 4.75. The van der Waals surface area contributed by atoms with Gasteiger partial charge >= 0.3 is 0 Å². The normalized spacial score (nSPS) is 26.8. The molecule has 0 radical (unpaired) electrons. The van der Waals surface area contributed by atoms with Crippen LogP contribution in [0.3, 0.4) is 0 Å². The van der Waals surface area contributed by atoms with Crippen molar-refractivity contribution in [2.24, 2.45) is 5.92 Å². The lowest BCUT2D eigenvalue weighted by Gasteiger charge is -2.24. The minimum atomic E-state index is 0.485. The Morgan fingerprint density at radius 3 is 3.17 bits per heavy atom. The molecule has 0 saturated carbocycles. The molecule has 5 heteroatoms. The van der Waals surface area contributed by atoms with Gasteiger partial charge in [0.2, 0.25) is 0 Å². The van der Waals surface area contributed by atoms with E-state index in [9.17, 15) is 0 Å². The van der Waals surface area contributed by atoms with Crippen molar-refractivity contribution in [3.63, 3.8) is 0 Å². The Hall–Kier alpha value is -1.31. The summed E-state index contributed by atoms with van der Waals surface area (Å²) in [4.78, 5) is 6.55. The van der Waals surface area contributed by atoms with Crippen LogP contribution in [0.2, 0.25) is 5.02 Å². The largest absolute Gasteiger partial charge is 0.353 e. The Balaban J connectivity index is 1.86. The van der Waals surface area contributed by atoms with Gasteiger partial charge < -0.3 is 10.2 Å². The monoisotopic (exact) mass is 262 g/mol. The number of rotatable bonds is 1. The number of nitrogens with zero attached hydrogens (tertiary/aromatic N) is 3. The van der Waals surface area contributed by atoms with Crippen molar-refractivity contribution in [2.75, 3.05) is 24.5 Å². The molecule has 2 fully saturated rings. The highest BCUT2D eigenvalue weighted by Crippen LogP contribution is 2.33. The van der Waals surface area contributed by atoms with Gasteiger partial charge in [0.1, 0.15) is 16.9 Å². The molecule has 2 atom stereocenters. The number of pyridine rings is 1. The van der Waals surface area contributed by atoms with Crippen LogP contribution in [-0.4, -0.2) is 30.7 Å². The Bertz CT molecular complexity index is 482. The zero-order valence-electron chi connectivity index (χ0n) is 10.1. The highest BCUT2D eigenvalue weighted by Gasteiger charge is 2.35. The molecule has 3 rings (SSSR count). The minimum Gasteiger partial charge on any atom is -0.353 e. The van der Waals surface area contributed by atoms with E-state index in [4.69, 9.17) is 16.9 Å². The fraction of sp³-hybridized carbons (Fsp3) is 0.538. The molecule has 1 aromatic rings. The molecule has 0 amide bonds. The van der Waals surface area contributed by atoms with Crippen molar-refractivity contribution in [3.05, 3.63) is 22.8 Å². The van der Waals surface area contributed by atoms with Gasteiger partial charge in [-0.25, -0.2) is 4.98 Å². The zero-order valence-corrected chi connectivity index (χ0v) is 10.8. The molecule has 0 aromatic carbocycles. The molecule has 1 aromatic heterocycles. The average Bonchev–Trinajstić information content (AvgIpc) is 2.82. The summed E-state index contributed by atoms with van der Waals surface area (Å²) in [5, 5.41) is 13.0. The van der Waals surface area contributed by atoms with E-state index < -0.39 is 0 Å². The van der Waals surface area contributed by atoms with Gasteiger partial charge in [0, 0.05) is 25.3 Å². The number of nitriles is 1. The van der Waals surface area contributed by atoms with Crippen LogP contribution in [0.4, 0.5) is 5.82 Å². The number of fused-ring (bicyclic) bond motifs is 1. The summed E-state index contributed by atoms with van der Waals surface area (Å²) in [7, 11) is 0. The average molecular weight is 263 g/mol. The molecule has 3 heterocycles. The lowest BCUT2D eigenvalue weighted by Crippen LogP contribution is -2.40. The second-order valence-electron chi connectivity index (χ2n) is 4.98. The van der Waals surface area contributed by atoms with Crippen LogP contribution in [-0.2, 0) is 0 Å². The third-order valence-corrected chi connectivity index (χ3v) is 4.26. The molecule has 2 aliphatic heterocycles. The van der Waals surface area contributed by atoms with Gasteiger partial charge in [-0.3, -0.25) is 0 Å². The summed E-state index contributed by atoms with van der Waals surface area (Å²) >= 11 is 6.24. The minimum absolute atomic E-state index is 0.485. The maximum atomic E-state index is 9.00. The standard InChI is InChI=1S/C13H15ClN4/c14-12-9(6-15)3-5-17-13(12)18-7-10-2-1-4-16-11(10)8-18/h3,5,10-11,16H,1-2,4,7-8H2/t10-,11+/m0/s1. The van der Waals surface area contributed by atoms with Crippen molar-refractivity contribution in [1.82, 2.24) is 10.3 Å². The molecule has 18 heavy (non-hydrogen) atoms. The van der Waals surface area contributed by atoms with E-state index in [1.54, 1.807) is 12.3 Å². The van der Waals surface area contributed by atoms with Crippen LogP contribution in [0.15, 0.2) is 12.3 Å². The highest BCUT2D eigenvalue weighted by atomic mass is 35.5. The number of nitrogens with one attached hydrogen (secondary N) is 1. The third-order valence-electron chi connectivity index (χ3n) is 3.89. The first-order valence-corrected chi connectivity index (χ1v) is 6.70. The van der Waals surface area contributed by atoms with E-state index >= 15 is 0 Å². The number of hydrogen-bond donors (Lipinski definition) is 1. The molecule has 0 spiro atoms. The topological polar surface area (TPSA) is 52.0 Å². The Morgan fingerprint density at radius 2 is 2.39 bits per heavy atom. The van der Waals surface area contributed by atoms with Crippen molar-refractivity contribution in [3.8, 4) is 6.07 Å². The van der Waals surface area contributed by atoms with Crippen LogP contribution in [0.1, 0.15) is 18.4 Å². The van der Waals surface area contributed by atoms with E-state index in [-0.39, 0.29) is 0 Å². The number of anilines is 1. The van der Waals surface area contributed by atoms with Gasteiger partial charge in [0.25, 0.3) is 0 Å². The van der Waals surface area contributed by atoms with Gasteiger partial charge in [0.05, 0.1) is 5.56 Å². The van der Waals surface area contributed by atoms with E-state index in [1.807, 2.05) is 0 Å². The van der Waals surface area contributed by atoms with Gasteiger partial charge in [-0.2, -0.15) is 5.26 Å². The quantitative estimate of drug-likeness (QED) is 0.839. The fourth-order valence-electron chi connectivity index (χ4n) is 2.96. The lowest BCUT2D eigenvalue weighted by molar-refractivity contribution is 0.340. The fourth-order valence-corrected chi connectivity index (χ4v) is 3.23. The maximum Gasteiger partial charge on any atom is 0.148 e. The summed E-state index contributed by atoms with van der Waals surface area (Å²) < 4.78 is 0. The zero-order chi connectivity index (χ0) is 12.5. The first-order chi connectivity index (χ1) is 8.79. The van der Waals surface area contributed by atoms with Crippen LogP contribution in [0.25, 0.3) is 0 Å². The first kappa shape index (κ1) is 11.8. The van der Waals surface area contributed by atoms with Crippen LogP contribution < -0.4 is 10.2 Å². The summed E-state index contributed by atoms with van der Waals surface area (Å²) in [5.74, 6) is 1.44. The summed E-state index contributed by atoms with van der Waals surface area (Å²) in [6, 6.07) is 4.31.